The van der Waals surface area contributed by atoms with Gasteiger partial charge in [0.25, 0.3) is 0 Å². The fraction of sp³-hybridized carbons (Fsp3) is 0.294. The van der Waals surface area contributed by atoms with Gasteiger partial charge in [0.05, 0.1) is 18.1 Å². The van der Waals surface area contributed by atoms with Crippen molar-refractivity contribution in [3.8, 4) is 11.8 Å². The molecule has 1 aliphatic heterocycles. The standard InChI is InChI=1S/C17H14F4N2O4/c1-3-25-16(24)12-8(2)26-15(23)10(7-22)13(12)9-5-4-6-11(14(9)18)27-17(19,20)21/h4-6,13H,3,23H2,1-2H3. The highest BCUT2D eigenvalue weighted by molar-refractivity contribution is 5.92. The third kappa shape index (κ3) is 4.13. The van der Waals surface area contributed by atoms with Gasteiger partial charge >= 0.3 is 12.3 Å². The Hall–Kier alpha value is -3.22. The van der Waals surface area contributed by atoms with Gasteiger partial charge in [-0.3, -0.25) is 0 Å². The molecule has 1 aromatic carbocycles. The number of ether oxygens (including phenoxy) is 3. The summed E-state index contributed by atoms with van der Waals surface area (Å²) in [5.74, 6) is -5.28. The predicted molar refractivity (Wildman–Crippen MR) is 83.1 cm³/mol. The van der Waals surface area contributed by atoms with Crippen molar-refractivity contribution in [2.75, 3.05) is 6.61 Å². The van der Waals surface area contributed by atoms with E-state index in [4.69, 9.17) is 15.2 Å². The van der Waals surface area contributed by atoms with Gasteiger partial charge in [-0.05, 0) is 19.9 Å². The molecule has 2 N–H and O–H groups in total. The highest BCUT2D eigenvalue weighted by atomic mass is 19.4. The number of nitrogens with zero attached hydrogens (tertiary/aromatic N) is 1. The van der Waals surface area contributed by atoms with E-state index in [0.717, 1.165) is 18.2 Å². The molecule has 0 saturated carbocycles. The van der Waals surface area contributed by atoms with E-state index in [-0.39, 0.29) is 23.5 Å². The highest BCUT2D eigenvalue weighted by Crippen LogP contribution is 2.42. The second-order valence-corrected chi connectivity index (χ2v) is 5.32. The molecule has 1 atom stereocenters. The number of carbonyl (C=O) groups is 1. The summed E-state index contributed by atoms with van der Waals surface area (Å²) >= 11 is 0. The van der Waals surface area contributed by atoms with Gasteiger partial charge in [-0.25, -0.2) is 9.18 Å². The molecular formula is C17H14F4N2O4. The minimum Gasteiger partial charge on any atom is -0.463 e. The number of halogens is 4. The Morgan fingerprint density at radius 1 is 1.41 bits per heavy atom. The monoisotopic (exact) mass is 386 g/mol. The molecule has 10 heteroatoms. The van der Waals surface area contributed by atoms with Crippen molar-refractivity contribution in [1.82, 2.24) is 0 Å². The zero-order chi connectivity index (χ0) is 20.4. The van der Waals surface area contributed by atoms with E-state index in [0.29, 0.717) is 0 Å². The molecule has 0 aliphatic carbocycles. The van der Waals surface area contributed by atoms with Gasteiger partial charge in [0.2, 0.25) is 5.88 Å². The van der Waals surface area contributed by atoms with Crippen LogP contribution in [0.15, 0.2) is 41.0 Å². The lowest BCUT2D eigenvalue weighted by molar-refractivity contribution is -0.275. The van der Waals surface area contributed by atoms with Gasteiger partial charge in [0.1, 0.15) is 17.4 Å². The third-order valence-corrected chi connectivity index (χ3v) is 3.63. The topological polar surface area (TPSA) is 94.6 Å². The summed E-state index contributed by atoms with van der Waals surface area (Å²) in [6.07, 6.45) is -5.13. The number of alkyl halides is 3. The summed E-state index contributed by atoms with van der Waals surface area (Å²) in [6.45, 7) is 2.84. The Labute approximate surface area is 151 Å². The highest BCUT2D eigenvalue weighted by Gasteiger charge is 2.39. The van der Waals surface area contributed by atoms with Crippen LogP contribution in [0.4, 0.5) is 17.6 Å². The molecule has 0 spiro atoms. The number of hydrogen-bond donors (Lipinski definition) is 1. The van der Waals surface area contributed by atoms with Crippen molar-refractivity contribution >= 4 is 5.97 Å². The summed E-state index contributed by atoms with van der Waals surface area (Å²) in [6, 6.07) is 4.68. The number of hydrogen-bond acceptors (Lipinski definition) is 6. The number of nitriles is 1. The molecule has 2 rings (SSSR count). The number of nitrogens with two attached hydrogens (primary N) is 1. The second-order valence-electron chi connectivity index (χ2n) is 5.32. The summed E-state index contributed by atoms with van der Waals surface area (Å²) in [7, 11) is 0. The largest absolute Gasteiger partial charge is 0.573 e. The summed E-state index contributed by atoms with van der Waals surface area (Å²) in [5, 5.41) is 9.38. The van der Waals surface area contributed by atoms with E-state index >= 15 is 0 Å². The fourth-order valence-electron chi connectivity index (χ4n) is 2.62. The maximum atomic E-state index is 14.8. The van der Waals surface area contributed by atoms with Gasteiger partial charge in [-0.2, -0.15) is 5.26 Å². The van der Waals surface area contributed by atoms with Crippen LogP contribution < -0.4 is 10.5 Å². The van der Waals surface area contributed by atoms with Crippen LogP contribution in [0.25, 0.3) is 0 Å². The van der Waals surface area contributed by atoms with Crippen molar-refractivity contribution in [2.24, 2.45) is 5.73 Å². The Morgan fingerprint density at radius 3 is 2.63 bits per heavy atom. The van der Waals surface area contributed by atoms with Crippen molar-refractivity contribution in [1.29, 1.82) is 5.26 Å². The van der Waals surface area contributed by atoms with Crippen LogP contribution in [0.5, 0.6) is 5.75 Å². The number of benzene rings is 1. The van der Waals surface area contributed by atoms with E-state index in [1.54, 1.807) is 6.07 Å². The molecule has 1 heterocycles. The Morgan fingerprint density at radius 2 is 2.07 bits per heavy atom. The molecule has 1 aliphatic rings. The lowest BCUT2D eigenvalue weighted by Gasteiger charge is -2.27. The molecule has 0 radical (unpaired) electrons. The first-order valence-electron chi connectivity index (χ1n) is 7.60. The van der Waals surface area contributed by atoms with Crippen molar-refractivity contribution in [3.63, 3.8) is 0 Å². The minimum atomic E-state index is -5.13. The zero-order valence-electron chi connectivity index (χ0n) is 14.2. The Bertz CT molecular complexity index is 869. The molecular weight excluding hydrogens is 372 g/mol. The van der Waals surface area contributed by atoms with Crippen LogP contribution in [0.1, 0.15) is 25.3 Å². The minimum absolute atomic E-state index is 0.0247. The van der Waals surface area contributed by atoms with Crippen LogP contribution in [0.2, 0.25) is 0 Å². The van der Waals surface area contributed by atoms with Crippen LogP contribution in [-0.4, -0.2) is 18.9 Å². The lowest BCUT2D eigenvalue weighted by atomic mass is 9.82. The molecule has 1 aromatic rings. The molecule has 0 aromatic heterocycles. The summed E-state index contributed by atoms with van der Waals surface area (Å²) in [5.41, 5.74) is 4.65. The normalized spacial score (nSPS) is 17.3. The van der Waals surface area contributed by atoms with Crippen molar-refractivity contribution in [2.45, 2.75) is 26.1 Å². The predicted octanol–water partition coefficient (Wildman–Crippen LogP) is 3.37. The zero-order valence-corrected chi connectivity index (χ0v) is 14.2. The fourth-order valence-corrected chi connectivity index (χ4v) is 2.62. The van der Waals surface area contributed by atoms with Gasteiger partial charge in [-0.1, -0.05) is 12.1 Å². The number of rotatable bonds is 4. The average molecular weight is 386 g/mol. The van der Waals surface area contributed by atoms with Gasteiger partial charge in [0, 0.05) is 5.56 Å². The molecule has 0 amide bonds. The third-order valence-electron chi connectivity index (χ3n) is 3.63. The maximum Gasteiger partial charge on any atom is 0.573 e. The Balaban J connectivity index is 2.67. The smallest absolute Gasteiger partial charge is 0.463 e. The van der Waals surface area contributed by atoms with Crippen molar-refractivity contribution < 1.29 is 36.6 Å². The Kier molecular flexibility index (Phi) is 5.64. The first-order chi connectivity index (χ1) is 12.6. The first-order valence-corrected chi connectivity index (χ1v) is 7.60. The molecule has 0 saturated heterocycles. The first kappa shape index (κ1) is 20.1. The van der Waals surface area contributed by atoms with E-state index in [1.807, 2.05) is 0 Å². The van der Waals surface area contributed by atoms with Crippen LogP contribution >= 0.6 is 0 Å². The van der Waals surface area contributed by atoms with E-state index in [1.165, 1.54) is 13.8 Å². The number of carbonyl (C=O) groups excluding carboxylic acids is 1. The van der Waals surface area contributed by atoms with E-state index in [2.05, 4.69) is 4.74 Å². The van der Waals surface area contributed by atoms with Crippen LogP contribution in [-0.2, 0) is 14.3 Å². The molecule has 0 bridgehead atoms. The number of esters is 1. The van der Waals surface area contributed by atoms with Gasteiger partial charge in [0.15, 0.2) is 11.6 Å². The second kappa shape index (κ2) is 7.57. The van der Waals surface area contributed by atoms with Gasteiger partial charge < -0.3 is 19.9 Å². The summed E-state index contributed by atoms with van der Waals surface area (Å²) < 4.78 is 66.0. The molecule has 1 unspecified atom stereocenters. The maximum absolute atomic E-state index is 14.8. The molecule has 0 fully saturated rings. The quantitative estimate of drug-likeness (QED) is 0.630. The lowest BCUT2D eigenvalue weighted by Crippen LogP contribution is -2.26. The van der Waals surface area contributed by atoms with Crippen LogP contribution in [0.3, 0.4) is 0 Å². The van der Waals surface area contributed by atoms with E-state index < -0.39 is 41.3 Å². The van der Waals surface area contributed by atoms with Crippen molar-refractivity contribution in [3.05, 3.63) is 52.4 Å². The van der Waals surface area contributed by atoms with Crippen LogP contribution in [0, 0.1) is 17.1 Å². The molecule has 6 nitrogen and oxygen atoms in total. The van der Waals surface area contributed by atoms with Gasteiger partial charge in [-0.15, -0.1) is 13.2 Å². The SMILES string of the molecule is CCOC(=O)C1=C(C)OC(N)=C(C#N)C1c1cccc(OC(F)(F)F)c1F. The number of allylic oxidation sites excluding steroid dienone is 2. The molecule has 27 heavy (non-hydrogen) atoms. The average Bonchev–Trinajstić information content (AvgIpc) is 2.55. The summed E-state index contributed by atoms with van der Waals surface area (Å²) in [4.78, 5) is 12.3. The van der Waals surface area contributed by atoms with E-state index in [9.17, 15) is 27.6 Å². The molecule has 144 valence electrons.